The molecule has 1 atom stereocenters. The van der Waals surface area contributed by atoms with Crippen LogP contribution in [0.2, 0.25) is 0 Å². The molecule has 0 aromatic carbocycles. The minimum absolute atomic E-state index is 0. The van der Waals surface area contributed by atoms with Crippen LogP contribution in [0.15, 0.2) is 0 Å². The number of carboxylic acid groups (broad SMARTS) is 1. The van der Waals surface area contributed by atoms with E-state index in [1.807, 2.05) is 0 Å². The number of rotatable bonds is 1. The standard InChI is InChI=1S/C3H6O3.Zn/c1-2(4)3(5)6;/h2,4H,1H3,(H,5,6);/t2-;/m0./s1. The molecule has 0 heterocycles. The van der Waals surface area contributed by atoms with Crippen LogP contribution in [0.25, 0.3) is 0 Å². The van der Waals surface area contributed by atoms with Gasteiger partial charge in [0.05, 0.1) is 0 Å². The average molecular weight is 155 g/mol. The molecule has 0 fully saturated rings. The average Bonchev–Trinajstić information content (AvgIpc) is 1.36. The minimum Gasteiger partial charge on any atom is -0.479 e. The Morgan fingerprint density at radius 3 is 1.86 bits per heavy atom. The summed E-state index contributed by atoms with van der Waals surface area (Å²) in [6.07, 6.45) is -1.23. The van der Waals surface area contributed by atoms with Gasteiger partial charge in [-0.25, -0.2) is 4.79 Å². The van der Waals surface area contributed by atoms with E-state index in [4.69, 9.17) is 10.2 Å². The zero-order valence-corrected chi connectivity index (χ0v) is 7.05. The third kappa shape index (κ3) is 6.05. The SMILES string of the molecule is C[C@H](O)C(=O)O.[Zn]. The van der Waals surface area contributed by atoms with Crippen LogP contribution < -0.4 is 0 Å². The zero-order valence-electron chi connectivity index (χ0n) is 4.09. The van der Waals surface area contributed by atoms with Crippen molar-refractivity contribution in [1.29, 1.82) is 0 Å². The molecule has 0 aliphatic rings. The number of carboxylic acids is 1. The van der Waals surface area contributed by atoms with Crippen LogP contribution >= 0.6 is 0 Å². The molecule has 4 heteroatoms. The van der Waals surface area contributed by atoms with Gasteiger partial charge in [-0.2, -0.15) is 0 Å². The summed E-state index contributed by atoms with van der Waals surface area (Å²) in [5, 5.41) is 15.8. The van der Waals surface area contributed by atoms with Gasteiger partial charge in [-0.1, -0.05) is 0 Å². The van der Waals surface area contributed by atoms with Crippen LogP contribution in [0.5, 0.6) is 0 Å². The van der Waals surface area contributed by atoms with Crippen LogP contribution in [0.1, 0.15) is 6.92 Å². The topological polar surface area (TPSA) is 57.5 Å². The van der Waals surface area contributed by atoms with Crippen molar-refractivity contribution in [3.8, 4) is 0 Å². The van der Waals surface area contributed by atoms with Gasteiger partial charge in [0.25, 0.3) is 0 Å². The van der Waals surface area contributed by atoms with E-state index in [0.29, 0.717) is 0 Å². The molecule has 0 aliphatic heterocycles. The molecule has 0 radical (unpaired) electrons. The second kappa shape index (κ2) is 4.22. The predicted molar refractivity (Wildman–Crippen MR) is 19.3 cm³/mol. The van der Waals surface area contributed by atoms with E-state index in [-0.39, 0.29) is 19.5 Å². The number of hydrogen-bond acceptors (Lipinski definition) is 2. The Bertz CT molecular complexity index is 61.2. The van der Waals surface area contributed by atoms with Crippen molar-refractivity contribution >= 4 is 5.97 Å². The molecule has 0 aliphatic carbocycles. The maximum Gasteiger partial charge on any atom is 0.332 e. The van der Waals surface area contributed by atoms with E-state index >= 15 is 0 Å². The minimum atomic E-state index is -1.23. The van der Waals surface area contributed by atoms with E-state index in [1.54, 1.807) is 0 Å². The Balaban J connectivity index is 0. The predicted octanol–water partition coefficient (Wildman–Crippen LogP) is -0.551. The molecule has 0 bridgehead atoms. The third-order valence-corrected chi connectivity index (χ3v) is 0.357. The summed E-state index contributed by atoms with van der Waals surface area (Å²) in [5.41, 5.74) is 0. The molecule has 3 nitrogen and oxygen atoms in total. The first-order valence-electron chi connectivity index (χ1n) is 1.55. The first-order chi connectivity index (χ1) is 2.64. The maximum atomic E-state index is 9.45. The molecular weight excluding hydrogens is 149 g/mol. The summed E-state index contributed by atoms with van der Waals surface area (Å²) in [5.74, 6) is -1.19. The number of aliphatic carboxylic acids is 1. The number of aliphatic hydroxyl groups is 1. The van der Waals surface area contributed by atoms with Crippen LogP contribution in [0.4, 0.5) is 0 Å². The van der Waals surface area contributed by atoms with Gasteiger partial charge in [-0.15, -0.1) is 0 Å². The summed E-state index contributed by atoms with van der Waals surface area (Å²) < 4.78 is 0. The molecule has 0 unspecified atom stereocenters. The smallest absolute Gasteiger partial charge is 0.332 e. The van der Waals surface area contributed by atoms with Crippen molar-refractivity contribution in [2.75, 3.05) is 0 Å². The summed E-state index contributed by atoms with van der Waals surface area (Å²) in [6, 6.07) is 0. The van der Waals surface area contributed by atoms with Crippen LogP contribution in [0.3, 0.4) is 0 Å². The first-order valence-corrected chi connectivity index (χ1v) is 1.55. The monoisotopic (exact) mass is 154 g/mol. The first kappa shape index (κ1) is 10.1. The summed E-state index contributed by atoms with van der Waals surface area (Å²) in [7, 11) is 0. The van der Waals surface area contributed by atoms with Gasteiger partial charge in [-0.05, 0) is 6.92 Å². The van der Waals surface area contributed by atoms with Gasteiger partial charge in [0, 0.05) is 19.5 Å². The zero-order chi connectivity index (χ0) is 5.15. The van der Waals surface area contributed by atoms with Crippen molar-refractivity contribution in [1.82, 2.24) is 0 Å². The van der Waals surface area contributed by atoms with E-state index in [2.05, 4.69) is 0 Å². The fraction of sp³-hybridized carbons (Fsp3) is 0.667. The molecule has 0 spiro atoms. The van der Waals surface area contributed by atoms with Crippen molar-refractivity contribution in [3.05, 3.63) is 0 Å². The maximum absolute atomic E-state index is 9.45. The third-order valence-electron chi connectivity index (χ3n) is 0.357. The molecule has 38 valence electrons. The second-order valence-electron chi connectivity index (χ2n) is 1.01. The summed E-state index contributed by atoms with van der Waals surface area (Å²) in [6.45, 7) is 1.20. The fourth-order valence-corrected chi connectivity index (χ4v) is 0. The molecule has 7 heavy (non-hydrogen) atoms. The Kier molecular flexibility index (Phi) is 6.10. The molecule has 2 N–H and O–H groups in total. The molecule has 0 amide bonds. The Morgan fingerprint density at radius 2 is 1.86 bits per heavy atom. The quantitative estimate of drug-likeness (QED) is 0.500. The number of carbonyl (C=O) groups is 1. The van der Waals surface area contributed by atoms with Gasteiger partial charge in [0.2, 0.25) is 0 Å². The van der Waals surface area contributed by atoms with Gasteiger partial charge in [0.15, 0.2) is 0 Å². The van der Waals surface area contributed by atoms with Gasteiger partial charge in [-0.3, -0.25) is 0 Å². The van der Waals surface area contributed by atoms with Gasteiger partial charge in [0.1, 0.15) is 6.10 Å². The number of aliphatic hydroxyl groups excluding tert-OH is 1. The van der Waals surface area contributed by atoms with Gasteiger partial charge < -0.3 is 10.2 Å². The van der Waals surface area contributed by atoms with E-state index in [1.165, 1.54) is 6.92 Å². The van der Waals surface area contributed by atoms with Crippen LogP contribution in [-0.2, 0) is 24.3 Å². The van der Waals surface area contributed by atoms with Crippen molar-refractivity contribution < 1.29 is 34.5 Å². The molecular formula is C3H6O3Zn. The summed E-state index contributed by atoms with van der Waals surface area (Å²) >= 11 is 0. The largest absolute Gasteiger partial charge is 0.479 e. The van der Waals surface area contributed by atoms with Crippen molar-refractivity contribution in [2.24, 2.45) is 0 Å². The Morgan fingerprint density at radius 1 is 1.71 bits per heavy atom. The number of hydrogen-bond donors (Lipinski definition) is 2. The van der Waals surface area contributed by atoms with Crippen molar-refractivity contribution in [3.63, 3.8) is 0 Å². The van der Waals surface area contributed by atoms with Crippen LogP contribution in [0, 0.1) is 0 Å². The normalized spacial score (nSPS) is 11.7. The van der Waals surface area contributed by atoms with E-state index in [0.717, 1.165) is 0 Å². The second-order valence-corrected chi connectivity index (χ2v) is 1.01. The molecule has 0 saturated carbocycles. The fourth-order valence-electron chi connectivity index (χ4n) is 0. The van der Waals surface area contributed by atoms with Gasteiger partial charge >= 0.3 is 5.97 Å². The Labute approximate surface area is 54.1 Å². The summed E-state index contributed by atoms with van der Waals surface area (Å²) in [4.78, 5) is 9.45. The van der Waals surface area contributed by atoms with E-state index in [9.17, 15) is 4.79 Å². The molecule has 0 aromatic heterocycles. The van der Waals surface area contributed by atoms with Crippen molar-refractivity contribution in [2.45, 2.75) is 13.0 Å². The van der Waals surface area contributed by atoms with Crippen LogP contribution in [-0.4, -0.2) is 22.3 Å². The molecule has 0 aromatic rings. The molecule has 0 saturated heterocycles. The van der Waals surface area contributed by atoms with E-state index < -0.39 is 12.1 Å². The Hall–Kier alpha value is 0.0534. The molecule has 0 rings (SSSR count).